The van der Waals surface area contributed by atoms with Gasteiger partial charge in [-0.25, -0.2) is 0 Å². The van der Waals surface area contributed by atoms with Crippen molar-refractivity contribution in [3.63, 3.8) is 0 Å². The highest BCUT2D eigenvalue weighted by atomic mass is 16.7. The lowest BCUT2D eigenvalue weighted by molar-refractivity contribution is -0.160. The first-order chi connectivity index (χ1) is 4.93. The van der Waals surface area contributed by atoms with Gasteiger partial charge in [-0.05, 0) is 19.3 Å². The van der Waals surface area contributed by atoms with Crippen LogP contribution in [0.2, 0.25) is 0 Å². The van der Waals surface area contributed by atoms with Crippen LogP contribution in [0.25, 0.3) is 0 Å². The van der Waals surface area contributed by atoms with Gasteiger partial charge in [0.15, 0.2) is 6.29 Å². The molecule has 3 nitrogen and oxygen atoms in total. The van der Waals surface area contributed by atoms with Crippen LogP contribution in [0.4, 0.5) is 0 Å². The minimum Gasteiger partial charge on any atom is -0.353 e. The van der Waals surface area contributed by atoms with Crippen molar-refractivity contribution in [2.75, 3.05) is 19.8 Å². The molecule has 60 valence electrons. The lowest BCUT2D eigenvalue weighted by atomic mass is 10.2. The van der Waals surface area contributed by atoms with Crippen molar-refractivity contribution in [3.8, 4) is 0 Å². The molecule has 1 heterocycles. The normalized spacial score (nSPS) is 26.7. The minimum absolute atomic E-state index is 0.0253. The SMILES string of the molecule is NCCO[C@@H]1CCCCO1. The van der Waals surface area contributed by atoms with E-state index in [1.165, 1.54) is 12.8 Å². The van der Waals surface area contributed by atoms with Gasteiger partial charge in [0.25, 0.3) is 0 Å². The second-order valence-electron chi connectivity index (χ2n) is 2.46. The predicted molar refractivity (Wildman–Crippen MR) is 38.6 cm³/mol. The standard InChI is InChI=1S/C7H15NO2/c8-4-6-10-7-3-1-2-5-9-7/h7H,1-6,8H2/t7-/m1/s1. The molecule has 1 saturated heterocycles. The number of hydrogen-bond donors (Lipinski definition) is 1. The Bertz CT molecular complexity index is 81.7. The van der Waals surface area contributed by atoms with Crippen LogP contribution in [0.15, 0.2) is 0 Å². The molecule has 1 aliphatic rings. The van der Waals surface area contributed by atoms with Crippen LogP contribution in [0.1, 0.15) is 19.3 Å². The molecule has 0 bridgehead atoms. The monoisotopic (exact) mass is 145 g/mol. The first kappa shape index (κ1) is 7.98. The molecule has 0 aromatic carbocycles. The molecule has 1 atom stereocenters. The van der Waals surface area contributed by atoms with Crippen molar-refractivity contribution in [2.24, 2.45) is 5.73 Å². The first-order valence-electron chi connectivity index (χ1n) is 3.87. The minimum atomic E-state index is 0.0253. The van der Waals surface area contributed by atoms with Crippen LogP contribution >= 0.6 is 0 Å². The van der Waals surface area contributed by atoms with Crippen molar-refractivity contribution >= 4 is 0 Å². The van der Waals surface area contributed by atoms with E-state index in [0.717, 1.165) is 13.0 Å². The Hall–Kier alpha value is -0.120. The third-order valence-corrected chi connectivity index (χ3v) is 1.56. The fourth-order valence-corrected chi connectivity index (χ4v) is 1.04. The highest BCUT2D eigenvalue weighted by molar-refractivity contribution is 4.53. The largest absolute Gasteiger partial charge is 0.353 e. The van der Waals surface area contributed by atoms with E-state index in [4.69, 9.17) is 15.2 Å². The van der Waals surface area contributed by atoms with Crippen LogP contribution in [0.3, 0.4) is 0 Å². The summed E-state index contributed by atoms with van der Waals surface area (Å²) in [6.45, 7) is 2.04. The number of nitrogens with two attached hydrogens (primary N) is 1. The second-order valence-corrected chi connectivity index (χ2v) is 2.46. The van der Waals surface area contributed by atoms with Gasteiger partial charge < -0.3 is 15.2 Å². The topological polar surface area (TPSA) is 44.5 Å². The third-order valence-electron chi connectivity index (χ3n) is 1.56. The van der Waals surface area contributed by atoms with Gasteiger partial charge in [-0.15, -0.1) is 0 Å². The molecule has 2 N–H and O–H groups in total. The summed E-state index contributed by atoms with van der Waals surface area (Å²) < 4.78 is 10.6. The fourth-order valence-electron chi connectivity index (χ4n) is 1.04. The van der Waals surface area contributed by atoms with Crippen molar-refractivity contribution < 1.29 is 9.47 Å². The van der Waals surface area contributed by atoms with Crippen LogP contribution in [0, 0.1) is 0 Å². The van der Waals surface area contributed by atoms with Crippen LogP contribution in [0.5, 0.6) is 0 Å². The molecular weight excluding hydrogens is 130 g/mol. The van der Waals surface area contributed by atoms with Gasteiger partial charge in [-0.2, -0.15) is 0 Å². The highest BCUT2D eigenvalue weighted by Crippen LogP contribution is 2.12. The quantitative estimate of drug-likeness (QED) is 0.628. The smallest absolute Gasteiger partial charge is 0.157 e. The molecular formula is C7H15NO2. The second kappa shape index (κ2) is 4.66. The predicted octanol–water partition coefficient (Wildman–Crippen LogP) is 0.488. The highest BCUT2D eigenvalue weighted by Gasteiger charge is 2.12. The summed E-state index contributed by atoms with van der Waals surface area (Å²) in [6, 6.07) is 0. The zero-order chi connectivity index (χ0) is 7.23. The Balaban J connectivity index is 2.02. The van der Waals surface area contributed by atoms with Gasteiger partial charge in [-0.1, -0.05) is 0 Å². The van der Waals surface area contributed by atoms with Crippen molar-refractivity contribution in [2.45, 2.75) is 25.6 Å². The Kier molecular flexibility index (Phi) is 3.72. The van der Waals surface area contributed by atoms with Gasteiger partial charge in [0.2, 0.25) is 0 Å². The van der Waals surface area contributed by atoms with Crippen LogP contribution < -0.4 is 5.73 Å². The average Bonchev–Trinajstić information content (AvgIpc) is 2.03. The molecule has 0 unspecified atom stereocenters. The molecule has 1 fully saturated rings. The molecule has 0 spiro atoms. The maximum Gasteiger partial charge on any atom is 0.157 e. The molecule has 0 aromatic rings. The molecule has 3 heteroatoms. The zero-order valence-electron chi connectivity index (χ0n) is 6.21. The maximum absolute atomic E-state index is 5.30. The zero-order valence-corrected chi connectivity index (χ0v) is 6.21. The van der Waals surface area contributed by atoms with Crippen molar-refractivity contribution in [3.05, 3.63) is 0 Å². The molecule has 1 aliphatic heterocycles. The Morgan fingerprint density at radius 2 is 2.40 bits per heavy atom. The number of rotatable bonds is 3. The Morgan fingerprint density at radius 3 is 3.00 bits per heavy atom. The van der Waals surface area contributed by atoms with Gasteiger partial charge in [-0.3, -0.25) is 0 Å². The Labute approximate surface area is 61.5 Å². The van der Waals surface area contributed by atoms with Gasteiger partial charge in [0, 0.05) is 13.2 Å². The molecule has 0 radical (unpaired) electrons. The van der Waals surface area contributed by atoms with Gasteiger partial charge in [0.05, 0.1) is 6.61 Å². The van der Waals surface area contributed by atoms with Crippen molar-refractivity contribution in [1.29, 1.82) is 0 Å². The van der Waals surface area contributed by atoms with E-state index in [1.54, 1.807) is 0 Å². The van der Waals surface area contributed by atoms with E-state index in [-0.39, 0.29) is 6.29 Å². The van der Waals surface area contributed by atoms with Crippen molar-refractivity contribution in [1.82, 2.24) is 0 Å². The van der Waals surface area contributed by atoms with E-state index in [1.807, 2.05) is 0 Å². The molecule has 0 aromatic heterocycles. The molecule has 0 amide bonds. The lowest BCUT2D eigenvalue weighted by Crippen LogP contribution is -2.24. The van der Waals surface area contributed by atoms with E-state index < -0.39 is 0 Å². The molecule has 0 saturated carbocycles. The molecule has 0 aliphatic carbocycles. The molecule has 10 heavy (non-hydrogen) atoms. The third kappa shape index (κ3) is 2.64. The summed E-state index contributed by atoms with van der Waals surface area (Å²) in [6.07, 6.45) is 3.44. The summed E-state index contributed by atoms with van der Waals surface area (Å²) >= 11 is 0. The summed E-state index contributed by atoms with van der Waals surface area (Å²) in [5, 5.41) is 0. The number of ether oxygens (including phenoxy) is 2. The van der Waals surface area contributed by atoms with Gasteiger partial charge >= 0.3 is 0 Å². The van der Waals surface area contributed by atoms with Crippen LogP contribution in [-0.2, 0) is 9.47 Å². The average molecular weight is 145 g/mol. The lowest BCUT2D eigenvalue weighted by Gasteiger charge is -2.22. The van der Waals surface area contributed by atoms with E-state index in [2.05, 4.69) is 0 Å². The fraction of sp³-hybridized carbons (Fsp3) is 1.00. The van der Waals surface area contributed by atoms with Gasteiger partial charge in [0.1, 0.15) is 0 Å². The first-order valence-corrected chi connectivity index (χ1v) is 3.87. The number of hydrogen-bond acceptors (Lipinski definition) is 3. The molecule has 1 rings (SSSR count). The summed E-state index contributed by atoms with van der Waals surface area (Å²) in [7, 11) is 0. The van der Waals surface area contributed by atoms with E-state index in [9.17, 15) is 0 Å². The van der Waals surface area contributed by atoms with E-state index in [0.29, 0.717) is 13.2 Å². The summed E-state index contributed by atoms with van der Waals surface area (Å²) in [4.78, 5) is 0. The summed E-state index contributed by atoms with van der Waals surface area (Å²) in [5.74, 6) is 0. The van der Waals surface area contributed by atoms with E-state index >= 15 is 0 Å². The summed E-state index contributed by atoms with van der Waals surface area (Å²) in [5.41, 5.74) is 5.27. The Morgan fingerprint density at radius 1 is 1.50 bits per heavy atom. The van der Waals surface area contributed by atoms with Crippen LogP contribution in [-0.4, -0.2) is 26.0 Å². The maximum atomic E-state index is 5.30.